The summed E-state index contributed by atoms with van der Waals surface area (Å²) < 4.78 is 42.5. The first-order valence-corrected chi connectivity index (χ1v) is 5.83. The molecule has 0 spiro atoms. The molecular formula is C11H12F3N3O3. The third kappa shape index (κ3) is 3.17. The molecule has 0 bridgehead atoms. The second-order valence-electron chi connectivity index (χ2n) is 4.09. The average molecular weight is 291 g/mol. The van der Waals surface area contributed by atoms with Crippen LogP contribution in [-0.2, 0) is 10.9 Å². The quantitative estimate of drug-likeness (QED) is 0.784. The normalized spacial score (nSPS) is 16.9. The Labute approximate surface area is 111 Å². The lowest BCUT2D eigenvalue weighted by atomic mass is 10.2. The van der Waals surface area contributed by atoms with Crippen LogP contribution >= 0.6 is 0 Å². The van der Waals surface area contributed by atoms with Crippen LogP contribution < -0.4 is 11.0 Å². The van der Waals surface area contributed by atoms with Gasteiger partial charge in [-0.15, -0.1) is 0 Å². The predicted molar refractivity (Wildman–Crippen MR) is 61.9 cm³/mol. The second kappa shape index (κ2) is 5.63. The Morgan fingerprint density at radius 2 is 2.05 bits per heavy atom. The molecular weight excluding hydrogens is 279 g/mol. The summed E-state index contributed by atoms with van der Waals surface area (Å²) in [5.41, 5.74) is -0.123. The van der Waals surface area contributed by atoms with Crippen molar-refractivity contribution >= 4 is 5.91 Å². The van der Waals surface area contributed by atoms with E-state index in [2.05, 4.69) is 5.43 Å². The minimum Gasteiger partial charge on any atom is -0.378 e. The number of pyridine rings is 1. The van der Waals surface area contributed by atoms with Crippen LogP contribution in [0, 0.1) is 0 Å². The summed E-state index contributed by atoms with van der Waals surface area (Å²) in [5, 5.41) is 1.20. The van der Waals surface area contributed by atoms with E-state index in [4.69, 9.17) is 4.74 Å². The highest BCUT2D eigenvalue weighted by atomic mass is 19.4. The molecule has 1 saturated heterocycles. The van der Waals surface area contributed by atoms with Gasteiger partial charge in [0.15, 0.2) is 0 Å². The molecule has 6 nitrogen and oxygen atoms in total. The Bertz CT molecular complexity index is 548. The van der Waals surface area contributed by atoms with Gasteiger partial charge in [0, 0.05) is 6.54 Å². The SMILES string of the molecule is O=C(c1ccc(C(F)(F)F)c(=O)[nH]1)N1CCOCCN1. The Balaban J connectivity index is 2.23. The molecule has 0 unspecified atom stereocenters. The van der Waals surface area contributed by atoms with Gasteiger partial charge in [-0.3, -0.25) is 14.6 Å². The minimum absolute atomic E-state index is 0.211. The van der Waals surface area contributed by atoms with Gasteiger partial charge in [-0.25, -0.2) is 5.43 Å². The zero-order valence-electron chi connectivity index (χ0n) is 10.3. The number of nitrogens with zero attached hydrogens (tertiary/aromatic N) is 1. The van der Waals surface area contributed by atoms with Crippen LogP contribution in [0.3, 0.4) is 0 Å². The highest BCUT2D eigenvalue weighted by molar-refractivity contribution is 5.91. The van der Waals surface area contributed by atoms with Gasteiger partial charge in [0.25, 0.3) is 11.5 Å². The first kappa shape index (κ1) is 14.5. The fourth-order valence-electron chi connectivity index (χ4n) is 1.73. The number of halogens is 3. The Hall–Kier alpha value is -1.87. The molecule has 0 atom stereocenters. The molecule has 9 heteroatoms. The first-order chi connectivity index (χ1) is 9.39. The Morgan fingerprint density at radius 1 is 1.30 bits per heavy atom. The molecule has 0 aliphatic carbocycles. The summed E-state index contributed by atoms with van der Waals surface area (Å²) in [6.45, 7) is 1.37. The van der Waals surface area contributed by atoms with Crippen molar-refractivity contribution < 1.29 is 22.7 Å². The van der Waals surface area contributed by atoms with Gasteiger partial charge in [-0.1, -0.05) is 0 Å². The number of carbonyl (C=O) groups is 1. The average Bonchev–Trinajstić information content (AvgIpc) is 2.65. The van der Waals surface area contributed by atoms with Gasteiger partial charge >= 0.3 is 6.18 Å². The molecule has 2 rings (SSSR count). The molecule has 1 amide bonds. The van der Waals surface area contributed by atoms with Gasteiger partial charge in [0.05, 0.1) is 19.8 Å². The predicted octanol–water partition coefficient (Wildman–Crippen LogP) is 0.371. The Morgan fingerprint density at radius 3 is 2.70 bits per heavy atom. The van der Waals surface area contributed by atoms with Crippen molar-refractivity contribution in [3.8, 4) is 0 Å². The minimum atomic E-state index is -4.75. The molecule has 110 valence electrons. The summed E-state index contributed by atoms with van der Waals surface area (Å²) in [4.78, 5) is 25.3. The van der Waals surface area contributed by atoms with Crippen molar-refractivity contribution in [2.24, 2.45) is 0 Å². The highest BCUT2D eigenvalue weighted by Gasteiger charge is 2.34. The molecule has 1 aliphatic heterocycles. The fraction of sp³-hybridized carbons (Fsp3) is 0.455. The van der Waals surface area contributed by atoms with Crippen LogP contribution in [0.2, 0.25) is 0 Å². The van der Waals surface area contributed by atoms with E-state index >= 15 is 0 Å². The van der Waals surface area contributed by atoms with E-state index in [1.54, 1.807) is 0 Å². The number of rotatable bonds is 1. The lowest BCUT2D eigenvalue weighted by Crippen LogP contribution is -2.44. The van der Waals surface area contributed by atoms with Crippen LogP contribution in [0.1, 0.15) is 16.1 Å². The molecule has 0 aromatic carbocycles. The third-order valence-electron chi connectivity index (χ3n) is 2.70. The van der Waals surface area contributed by atoms with Crippen molar-refractivity contribution in [1.82, 2.24) is 15.4 Å². The van der Waals surface area contributed by atoms with Crippen LogP contribution in [0.15, 0.2) is 16.9 Å². The number of hydrogen-bond donors (Lipinski definition) is 2. The molecule has 1 fully saturated rings. The number of alkyl halides is 3. The molecule has 1 aromatic heterocycles. The molecule has 2 heterocycles. The number of hydrazine groups is 1. The maximum Gasteiger partial charge on any atom is 0.421 e. The van der Waals surface area contributed by atoms with Crippen molar-refractivity contribution in [3.05, 3.63) is 33.7 Å². The third-order valence-corrected chi connectivity index (χ3v) is 2.70. The summed E-state index contributed by atoms with van der Waals surface area (Å²) >= 11 is 0. The van der Waals surface area contributed by atoms with E-state index in [-0.39, 0.29) is 12.2 Å². The van der Waals surface area contributed by atoms with E-state index in [9.17, 15) is 22.8 Å². The Kier molecular flexibility index (Phi) is 4.09. The van der Waals surface area contributed by atoms with Crippen molar-refractivity contribution in [2.75, 3.05) is 26.3 Å². The van der Waals surface area contributed by atoms with Crippen molar-refractivity contribution in [2.45, 2.75) is 6.18 Å². The summed E-state index contributed by atoms with van der Waals surface area (Å²) in [6, 6.07) is 1.54. The molecule has 0 radical (unpaired) electrons. The molecule has 0 saturated carbocycles. The van der Waals surface area contributed by atoms with Gasteiger partial charge in [0.2, 0.25) is 0 Å². The molecule has 1 aliphatic rings. The number of H-pyrrole nitrogens is 1. The lowest BCUT2D eigenvalue weighted by Gasteiger charge is -2.20. The number of hydrogen-bond acceptors (Lipinski definition) is 4. The molecule has 1 aromatic rings. The van der Waals surface area contributed by atoms with E-state index in [0.29, 0.717) is 25.8 Å². The lowest BCUT2D eigenvalue weighted by molar-refractivity contribution is -0.138. The zero-order valence-corrected chi connectivity index (χ0v) is 10.3. The summed E-state index contributed by atoms with van der Waals surface area (Å²) in [7, 11) is 0. The maximum atomic E-state index is 12.4. The fourth-order valence-corrected chi connectivity index (χ4v) is 1.73. The standard InChI is InChI=1S/C11H12F3N3O3/c12-11(13,14)7-1-2-8(16-9(7)18)10(19)17-4-6-20-5-3-15-17/h1-2,15H,3-6H2,(H,16,18). The number of nitrogens with one attached hydrogen (secondary N) is 2. The smallest absolute Gasteiger partial charge is 0.378 e. The van der Waals surface area contributed by atoms with Crippen molar-refractivity contribution in [1.29, 1.82) is 0 Å². The van der Waals surface area contributed by atoms with E-state index in [0.717, 1.165) is 6.07 Å². The van der Waals surface area contributed by atoms with Crippen LogP contribution in [0.25, 0.3) is 0 Å². The number of carbonyl (C=O) groups excluding carboxylic acids is 1. The van der Waals surface area contributed by atoms with Gasteiger partial charge in [-0.2, -0.15) is 13.2 Å². The largest absolute Gasteiger partial charge is 0.421 e. The van der Waals surface area contributed by atoms with Gasteiger partial charge in [0.1, 0.15) is 11.3 Å². The van der Waals surface area contributed by atoms with E-state index in [1.165, 1.54) is 5.01 Å². The van der Waals surface area contributed by atoms with Crippen LogP contribution in [0.5, 0.6) is 0 Å². The monoisotopic (exact) mass is 291 g/mol. The van der Waals surface area contributed by atoms with Crippen molar-refractivity contribution in [3.63, 3.8) is 0 Å². The molecule has 20 heavy (non-hydrogen) atoms. The maximum absolute atomic E-state index is 12.4. The number of amides is 1. The number of ether oxygens (including phenoxy) is 1. The van der Waals surface area contributed by atoms with Crippen LogP contribution in [-0.4, -0.2) is 42.2 Å². The topological polar surface area (TPSA) is 74.4 Å². The summed E-state index contributed by atoms with van der Waals surface area (Å²) in [5.74, 6) is -0.610. The highest BCUT2D eigenvalue weighted by Crippen LogP contribution is 2.26. The number of aromatic nitrogens is 1. The van der Waals surface area contributed by atoms with Gasteiger partial charge < -0.3 is 9.72 Å². The number of aromatic amines is 1. The van der Waals surface area contributed by atoms with E-state index < -0.39 is 23.2 Å². The first-order valence-electron chi connectivity index (χ1n) is 5.83. The molecule has 2 N–H and O–H groups in total. The van der Waals surface area contributed by atoms with Gasteiger partial charge in [-0.05, 0) is 12.1 Å². The second-order valence-corrected chi connectivity index (χ2v) is 4.09. The van der Waals surface area contributed by atoms with Crippen LogP contribution in [0.4, 0.5) is 13.2 Å². The zero-order chi connectivity index (χ0) is 14.8. The summed E-state index contributed by atoms with van der Waals surface area (Å²) in [6.07, 6.45) is -4.75. The van der Waals surface area contributed by atoms with E-state index in [1.807, 2.05) is 4.98 Å².